The molecule has 6 nitrogen and oxygen atoms in total. The van der Waals surface area contributed by atoms with Crippen LogP contribution in [0, 0.1) is 10.1 Å². The number of aromatic carboxylic acids is 1. The van der Waals surface area contributed by atoms with Crippen molar-refractivity contribution in [1.82, 2.24) is 0 Å². The highest BCUT2D eigenvalue weighted by molar-refractivity contribution is 9.08. The molecule has 0 unspecified atom stereocenters. The normalized spacial score (nSPS) is 10.4. The lowest BCUT2D eigenvalue weighted by atomic mass is 10.1. The van der Waals surface area contributed by atoms with Gasteiger partial charge in [-0.3, -0.25) is 10.1 Å². The molecule has 0 aliphatic heterocycles. The lowest BCUT2D eigenvalue weighted by Gasteiger charge is -2.09. The molecule has 0 amide bonds. The van der Waals surface area contributed by atoms with Crippen molar-refractivity contribution in [1.29, 1.82) is 0 Å². The van der Waals surface area contributed by atoms with Crippen molar-refractivity contribution in [3.05, 3.63) is 33.4 Å². The third-order valence-corrected chi connectivity index (χ3v) is 2.58. The van der Waals surface area contributed by atoms with Crippen LogP contribution >= 0.6 is 15.9 Å². The number of benzene rings is 1. The molecule has 0 radical (unpaired) electrons. The molecule has 0 spiro atoms. The fourth-order valence-electron chi connectivity index (χ4n) is 1.25. The number of hydrogen-bond acceptors (Lipinski definition) is 4. The van der Waals surface area contributed by atoms with Gasteiger partial charge in [0.25, 0.3) is 0 Å². The number of carbonyl (C=O) groups is 1. The first-order valence-electron chi connectivity index (χ1n) is 4.42. The van der Waals surface area contributed by atoms with Gasteiger partial charge in [0.15, 0.2) is 0 Å². The topological polar surface area (TPSA) is 89.7 Å². The Balaban J connectivity index is 3.42. The maximum Gasteiger partial charge on any atom is 0.387 e. The van der Waals surface area contributed by atoms with E-state index in [1.807, 2.05) is 0 Å². The van der Waals surface area contributed by atoms with Crippen LogP contribution in [0.15, 0.2) is 12.1 Å². The number of nitro benzene ring substituents is 1. The van der Waals surface area contributed by atoms with Crippen LogP contribution in [-0.2, 0) is 5.33 Å². The molecule has 0 heterocycles. The van der Waals surface area contributed by atoms with Gasteiger partial charge in [-0.1, -0.05) is 15.9 Å². The van der Waals surface area contributed by atoms with E-state index < -0.39 is 28.9 Å². The summed E-state index contributed by atoms with van der Waals surface area (Å²) in [5.41, 5.74) is -0.960. The number of halogens is 3. The Bertz CT molecular complexity index is 494. The Kier molecular flexibility index (Phi) is 4.54. The van der Waals surface area contributed by atoms with E-state index in [9.17, 15) is 23.7 Å². The second-order valence-corrected chi connectivity index (χ2v) is 3.61. The maximum atomic E-state index is 12.1. The lowest BCUT2D eigenvalue weighted by Crippen LogP contribution is -2.08. The first kappa shape index (κ1) is 14.3. The van der Waals surface area contributed by atoms with Gasteiger partial charge in [0, 0.05) is 17.5 Å². The van der Waals surface area contributed by atoms with E-state index in [1.54, 1.807) is 0 Å². The number of carboxylic acid groups (broad SMARTS) is 1. The highest BCUT2D eigenvalue weighted by Crippen LogP contribution is 2.32. The van der Waals surface area contributed by atoms with E-state index in [0.29, 0.717) is 6.07 Å². The summed E-state index contributed by atoms with van der Waals surface area (Å²) < 4.78 is 28.1. The standard InChI is InChI=1S/C9H6BrF2NO5/c10-3-4-1-6(13(16)17)7(18-9(11)12)2-5(4)8(14)15/h1-2,9H,3H2,(H,14,15). The third-order valence-electron chi connectivity index (χ3n) is 1.97. The Hall–Kier alpha value is -1.77. The van der Waals surface area contributed by atoms with Gasteiger partial charge in [0.1, 0.15) is 0 Å². The van der Waals surface area contributed by atoms with Crippen molar-refractivity contribution in [2.75, 3.05) is 0 Å². The zero-order valence-corrected chi connectivity index (χ0v) is 10.2. The lowest BCUT2D eigenvalue weighted by molar-refractivity contribution is -0.386. The van der Waals surface area contributed by atoms with Gasteiger partial charge in [-0.2, -0.15) is 8.78 Å². The predicted molar refractivity (Wildman–Crippen MR) is 59.3 cm³/mol. The molecule has 1 aromatic carbocycles. The minimum absolute atomic E-state index is 0.0322. The summed E-state index contributed by atoms with van der Waals surface area (Å²) >= 11 is 2.96. The smallest absolute Gasteiger partial charge is 0.387 e. The highest BCUT2D eigenvalue weighted by Gasteiger charge is 2.24. The molecule has 0 bridgehead atoms. The Morgan fingerprint density at radius 3 is 2.56 bits per heavy atom. The summed E-state index contributed by atoms with van der Waals surface area (Å²) in [6.45, 7) is -3.28. The molecule has 0 saturated heterocycles. The van der Waals surface area contributed by atoms with Crippen molar-refractivity contribution in [2.24, 2.45) is 0 Å². The van der Waals surface area contributed by atoms with Crippen LogP contribution in [0.1, 0.15) is 15.9 Å². The average molecular weight is 326 g/mol. The summed E-state index contributed by atoms with van der Waals surface area (Å²) in [5, 5.41) is 19.6. The van der Waals surface area contributed by atoms with Crippen molar-refractivity contribution in [2.45, 2.75) is 11.9 Å². The van der Waals surface area contributed by atoms with E-state index in [4.69, 9.17) is 5.11 Å². The van der Waals surface area contributed by atoms with Gasteiger partial charge < -0.3 is 9.84 Å². The SMILES string of the molecule is O=C(O)c1cc(OC(F)F)c([N+](=O)[O-])cc1CBr. The molecule has 1 aromatic rings. The maximum absolute atomic E-state index is 12.1. The zero-order chi connectivity index (χ0) is 13.9. The van der Waals surface area contributed by atoms with Gasteiger partial charge in [-0.25, -0.2) is 4.79 Å². The summed E-state index contributed by atoms with van der Waals surface area (Å²) in [6, 6.07) is 1.60. The molecule has 9 heteroatoms. The van der Waals surface area contributed by atoms with Gasteiger partial charge in [0.05, 0.1) is 10.5 Å². The molecular formula is C9H6BrF2NO5. The van der Waals surface area contributed by atoms with Crippen LogP contribution in [0.5, 0.6) is 5.75 Å². The van der Waals surface area contributed by atoms with Crippen LogP contribution in [-0.4, -0.2) is 22.6 Å². The molecule has 0 aliphatic carbocycles. The Morgan fingerprint density at radius 1 is 1.56 bits per heavy atom. The van der Waals surface area contributed by atoms with E-state index in [0.717, 1.165) is 6.07 Å². The van der Waals surface area contributed by atoms with E-state index >= 15 is 0 Å². The number of ether oxygens (including phenoxy) is 1. The number of hydrogen-bond donors (Lipinski definition) is 1. The molecule has 18 heavy (non-hydrogen) atoms. The van der Waals surface area contributed by atoms with E-state index in [1.165, 1.54) is 0 Å². The first-order valence-corrected chi connectivity index (χ1v) is 5.54. The van der Waals surface area contributed by atoms with Crippen molar-refractivity contribution in [3.8, 4) is 5.75 Å². The number of rotatable bonds is 5. The second-order valence-electron chi connectivity index (χ2n) is 3.05. The van der Waals surface area contributed by atoms with Crippen molar-refractivity contribution in [3.63, 3.8) is 0 Å². The van der Waals surface area contributed by atoms with Crippen LogP contribution in [0.3, 0.4) is 0 Å². The van der Waals surface area contributed by atoms with Crippen LogP contribution in [0.25, 0.3) is 0 Å². The predicted octanol–water partition coefficient (Wildman–Crippen LogP) is 2.79. The molecule has 0 saturated carbocycles. The minimum atomic E-state index is -3.28. The highest BCUT2D eigenvalue weighted by atomic mass is 79.9. The van der Waals surface area contributed by atoms with Crippen molar-refractivity contribution < 1.29 is 28.3 Å². The first-order chi connectivity index (χ1) is 8.36. The van der Waals surface area contributed by atoms with Gasteiger partial charge >= 0.3 is 18.3 Å². The summed E-state index contributed by atoms with van der Waals surface area (Å²) in [7, 11) is 0. The zero-order valence-electron chi connectivity index (χ0n) is 8.60. The molecule has 0 aromatic heterocycles. The van der Waals surface area contributed by atoms with Crippen LogP contribution in [0.2, 0.25) is 0 Å². The number of nitrogens with zero attached hydrogens (tertiary/aromatic N) is 1. The quantitative estimate of drug-likeness (QED) is 0.510. The molecule has 1 rings (SSSR count). The minimum Gasteiger partial charge on any atom is -0.478 e. The van der Waals surface area contributed by atoms with Crippen molar-refractivity contribution >= 4 is 27.6 Å². The second kappa shape index (κ2) is 5.71. The van der Waals surface area contributed by atoms with Gasteiger partial charge in [-0.15, -0.1) is 0 Å². The van der Waals surface area contributed by atoms with E-state index in [-0.39, 0.29) is 16.5 Å². The number of carboxylic acids is 1. The molecule has 1 N–H and O–H groups in total. The Morgan fingerprint density at radius 2 is 2.17 bits per heavy atom. The fourth-order valence-corrected chi connectivity index (χ4v) is 1.72. The largest absolute Gasteiger partial charge is 0.478 e. The van der Waals surface area contributed by atoms with Gasteiger partial charge in [-0.05, 0) is 5.56 Å². The molecule has 0 fully saturated rings. The molecule has 0 aliphatic rings. The molecule has 0 atom stereocenters. The number of nitro groups is 1. The van der Waals surface area contributed by atoms with E-state index in [2.05, 4.69) is 20.7 Å². The summed E-state index contributed by atoms with van der Waals surface area (Å²) in [6.07, 6.45) is 0. The average Bonchev–Trinajstić information content (AvgIpc) is 2.27. The number of alkyl halides is 3. The third kappa shape index (κ3) is 3.13. The monoisotopic (exact) mass is 325 g/mol. The summed E-state index contributed by atoms with van der Waals surface area (Å²) in [4.78, 5) is 20.6. The molecular weight excluding hydrogens is 320 g/mol. The Labute approximate surface area is 107 Å². The summed E-state index contributed by atoms with van der Waals surface area (Å²) in [5.74, 6) is -2.17. The van der Waals surface area contributed by atoms with Crippen LogP contribution in [0.4, 0.5) is 14.5 Å². The fraction of sp³-hybridized carbons (Fsp3) is 0.222. The molecule has 98 valence electrons. The van der Waals surface area contributed by atoms with Gasteiger partial charge in [0.2, 0.25) is 5.75 Å². The van der Waals surface area contributed by atoms with Crippen LogP contribution < -0.4 is 4.74 Å².